The molecule has 152 valence electrons. The maximum atomic E-state index is 13.1. The van der Waals surface area contributed by atoms with E-state index in [1.54, 1.807) is 52.2 Å². The molecule has 0 aliphatic rings. The van der Waals surface area contributed by atoms with Crippen LogP contribution in [0.4, 0.5) is 0 Å². The van der Waals surface area contributed by atoms with E-state index in [9.17, 15) is 19.8 Å². The van der Waals surface area contributed by atoms with Gasteiger partial charge in [0.2, 0.25) is 0 Å². The fourth-order valence-corrected chi connectivity index (χ4v) is 3.49. The first-order valence-electron chi connectivity index (χ1n) is 9.10. The molecule has 3 rings (SSSR count). The molecule has 29 heavy (non-hydrogen) atoms. The summed E-state index contributed by atoms with van der Waals surface area (Å²) in [5.74, 6) is -0.927. The summed E-state index contributed by atoms with van der Waals surface area (Å²) in [7, 11) is 4.70. The average Bonchev–Trinajstić information content (AvgIpc) is 2.69. The molecule has 0 saturated heterocycles. The van der Waals surface area contributed by atoms with Gasteiger partial charge in [0.25, 0.3) is 11.1 Å². The summed E-state index contributed by atoms with van der Waals surface area (Å²) in [5, 5.41) is 21.4. The Hall–Kier alpha value is -3.48. The fourth-order valence-electron chi connectivity index (χ4n) is 3.49. The van der Waals surface area contributed by atoms with E-state index < -0.39 is 17.0 Å². The monoisotopic (exact) mass is 396 g/mol. The van der Waals surface area contributed by atoms with E-state index >= 15 is 0 Å². The van der Waals surface area contributed by atoms with Gasteiger partial charge < -0.3 is 24.1 Å². The molecule has 2 heterocycles. The van der Waals surface area contributed by atoms with Gasteiger partial charge >= 0.3 is 0 Å². The molecular weight excluding hydrogens is 372 g/mol. The lowest BCUT2D eigenvalue weighted by molar-refractivity contribution is 0.413. The maximum absolute atomic E-state index is 13.1. The Morgan fingerprint density at radius 2 is 1.34 bits per heavy atom. The first-order valence-corrected chi connectivity index (χ1v) is 9.10. The van der Waals surface area contributed by atoms with Crippen LogP contribution in [0.1, 0.15) is 34.0 Å². The molecule has 0 aliphatic heterocycles. The van der Waals surface area contributed by atoms with Crippen molar-refractivity contribution >= 4 is 0 Å². The van der Waals surface area contributed by atoms with Gasteiger partial charge in [0.1, 0.15) is 17.2 Å². The van der Waals surface area contributed by atoms with Crippen molar-refractivity contribution < 1.29 is 14.9 Å². The second-order valence-corrected chi connectivity index (χ2v) is 7.11. The summed E-state index contributed by atoms with van der Waals surface area (Å²) >= 11 is 0. The van der Waals surface area contributed by atoms with Crippen LogP contribution in [-0.2, 0) is 14.1 Å². The van der Waals surface area contributed by atoms with E-state index in [4.69, 9.17) is 4.74 Å². The molecule has 3 aromatic rings. The molecule has 0 spiro atoms. The second-order valence-electron chi connectivity index (χ2n) is 7.11. The third-order valence-corrected chi connectivity index (χ3v) is 5.38. The number of hydrogen-bond acceptors (Lipinski definition) is 5. The van der Waals surface area contributed by atoms with Crippen LogP contribution in [0.15, 0.2) is 46.0 Å². The Labute approximate surface area is 168 Å². The standard InChI is InChI=1S/C22H24N2O5/c1-12-9-16(25)19(21(27)23(12)3)18(14-7-6-8-15(11-14)29-5)20-17(26)10-13(2)24(4)22(20)28/h6-11,18,25-26H,1-5H3. The van der Waals surface area contributed by atoms with Crippen LogP contribution in [0.3, 0.4) is 0 Å². The Morgan fingerprint density at radius 3 is 1.79 bits per heavy atom. The van der Waals surface area contributed by atoms with Gasteiger partial charge in [0.15, 0.2) is 0 Å². The number of benzene rings is 1. The molecule has 0 aliphatic carbocycles. The van der Waals surface area contributed by atoms with Gasteiger partial charge in [0.05, 0.1) is 24.2 Å². The van der Waals surface area contributed by atoms with Gasteiger partial charge in [0, 0.05) is 25.5 Å². The molecule has 7 heteroatoms. The number of aryl methyl sites for hydroxylation is 2. The van der Waals surface area contributed by atoms with Crippen LogP contribution in [0.25, 0.3) is 0 Å². The lowest BCUT2D eigenvalue weighted by Gasteiger charge is -2.22. The fraction of sp³-hybridized carbons (Fsp3) is 0.273. The quantitative estimate of drug-likeness (QED) is 0.706. The third kappa shape index (κ3) is 3.40. The topological polar surface area (TPSA) is 93.7 Å². The van der Waals surface area contributed by atoms with Gasteiger partial charge in [-0.2, -0.15) is 0 Å². The molecule has 0 saturated carbocycles. The highest BCUT2D eigenvalue weighted by molar-refractivity contribution is 5.53. The predicted molar refractivity (Wildman–Crippen MR) is 110 cm³/mol. The smallest absolute Gasteiger partial charge is 0.258 e. The summed E-state index contributed by atoms with van der Waals surface area (Å²) in [5.41, 5.74) is 0.820. The van der Waals surface area contributed by atoms with E-state index in [1.807, 2.05) is 0 Å². The Bertz CT molecular complexity index is 1140. The summed E-state index contributed by atoms with van der Waals surface area (Å²) in [6.07, 6.45) is 0. The zero-order valence-corrected chi connectivity index (χ0v) is 17.1. The Morgan fingerprint density at radius 1 is 0.862 bits per heavy atom. The minimum atomic E-state index is -0.983. The van der Waals surface area contributed by atoms with Crippen LogP contribution < -0.4 is 15.9 Å². The molecule has 0 radical (unpaired) electrons. The molecule has 1 aromatic carbocycles. The molecule has 0 atom stereocenters. The van der Waals surface area contributed by atoms with Crippen LogP contribution in [0.2, 0.25) is 0 Å². The zero-order valence-electron chi connectivity index (χ0n) is 17.1. The molecule has 0 bridgehead atoms. The molecular formula is C22H24N2O5. The van der Waals surface area contributed by atoms with E-state index in [-0.39, 0.29) is 22.6 Å². The van der Waals surface area contributed by atoms with Crippen molar-refractivity contribution in [2.75, 3.05) is 7.11 Å². The molecule has 0 fully saturated rings. The van der Waals surface area contributed by atoms with Crippen molar-refractivity contribution in [2.45, 2.75) is 19.8 Å². The zero-order chi connectivity index (χ0) is 21.5. The minimum absolute atomic E-state index is 0.0163. The summed E-state index contributed by atoms with van der Waals surface area (Å²) in [6, 6.07) is 9.82. The number of pyridine rings is 2. The van der Waals surface area contributed by atoms with Crippen molar-refractivity contribution in [3.8, 4) is 17.2 Å². The van der Waals surface area contributed by atoms with Crippen LogP contribution in [0, 0.1) is 13.8 Å². The molecule has 0 amide bonds. The summed E-state index contributed by atoms with van der Waals surface area (Å²) < 4.78 is 8.09. The molecule has 7 nitrogen and oxygen atoms in total. The first-order chi connectivity index (χ1) is 13.7. The van der Waals surface area contributed by atoms with E-state index in [0.29, 0.717) is 22.7 Å². The van der Waals surface area contributed by atoms with Crippen molar-refractivity contribution in [1.29, 1.82) is 0 Å². The Kier molecular flexibility index (Phi) is 5.24. The summed E-state index contributed by atoms with van der Waals surface area (Å²) in [6.45, 7) is 3.40. The van der Waals surface area contributed by atoms with Crippen molar-refractivity contribution in [3.63, 3.8) is 0 Å². The second kappa shape index (κ2) is 7.50. The predicted octanol–water partition coefficient (Wildman–Crippen LogP) is 2.30. The van der Waals surface area contributed by atoms with E-state index in [0.717, 1.165) is 0 Å². The molecule has 2 aromatic heterocycles. The van der Waals surface area contributed by atoms with Gasteiger partial charge in [-0.1, -0.05) is 12.1 Å². The number of aromatic hydroxyl groups is 2. The molecule has 0 unspecified atom stereocenters. The highest BCUT2D eigenvalue weighted by atomic mass is 16.5. The number of rotatable bonds is 4. The number of hydrogen-bond donors (Lipinski definition) is 2. The van der Waals surface area contributed by atoms with Gasteiger partial charge in [-0.05, 0) is 43.7 Å². The third-order valence-electron chi connectivity index (χ3n) is 5.38. The van der Waals surface area contributed by atoms with E-state index in [1.165, 1.54) is 28.4 Å². The van der Waals surface area contributed by atoms with Crippen LogP contribution >= 0.6 is 0 Å². The van der Waals surface area contributed by atoms with Crippen molar-refractivity contribution in [1.82, 2.24) is 9.13 Å². The van der Waals surface area contributed by atoms with Gasteiger partial charge in [-0.3, -0.25) is 9.59 Å². The maximum Gasteiger partial charge on any atom is 0.258 e. The number of ether oxygens (including phenoxy) is 1. The normalized spacial score (nSPS) is 11.1. The largest absolute Gasteiger partial charge is 0.507 e. The van der Waals surface area contributed by atoms with Crippen LogP contribution in [0.5, 0.6) is 17.2 Å². The van der Waals surface area contributed by atoms with Gasteiger partial charge in [-0.25, -0.2) is 0 Å². The number of methoxy groups -OCH3 is 1. The average molecular weight is 396 g/mol. The highest BCUT2D eigenvalue weighted by Crippen LogP contribution is 2.38. The Balaban J connectivity index is 2.47. The van der Waals surface area contributed by atoms with Crippen LogP contribution in [-0.4, -0.2) is 26.5 Å². The van der Waals surface area contributed by atoms with Gasteiger partial charge in [-0.15, -0.1) is 0 Å². The lowest BCUT2D eigenvalue weighted by atomic mass is 9.84. The van der Waals surface area contributed by atoms with E-state index in [2.05, 4.69) is 0 Å². The molecule has 2 N–H and O–H groups in total. The number of nitrogens with zero attached hydrogens (tertiary/aromatic N) is 2. The van der Waals surface area contributed by atoms with Crippen molar-refractivity contribution in [3.05, 3.63) is 85.2 Å². The lowest BCUT2D eigenvalue weighted by Crippen LogP contribution is -2.30. The summed E-state index contributed by atoms with van der Waals surface area (Å²) in [4.78, 5) is 26.2. The van der Waals surface area contributed by atoms with Crippen molar-refractivity contribution in [2.24, 2.45) is 14.1 Å². The first kappa shape index (κ1) is 20.3. The number of aromatic nitrogens is 2. The highest BCUT2D eigenvalue weighted by Gasteiger charge is 2.30. The minimum Gasteiger partial charge on any atom is -0.507 e. The SMILES string of the molecule is COc1cccc(C(c2c(O)cc(C)n(C)c2=O)c2c(O)cc(C)n(C)c2=O)c1.